The third-order valence-electron chi connectivity index (χ3n) is 5.65. The van der Waals surface area contributed by atoms with Gasteiger partial charge in [0.15, 0.2) is 5.78 Å². The van der Waals surface area contributed by atoms with E-state index in [9.17, 15) is 19.7 Å². The molecule has 0 saturated heterocycles. The number of nitro groups is 1. The van der Waals surface area contributed by atoms with Gasteiger partial charge in [-0.2, -0.15) is 0 Å². The van der Waals surface area contributed by atoms with Crippen LogP contribution in [0.15, 0.2) is 90.5 Å². The highest BCUT2D eigenvalue weighted by Crippen LogP contribution is 2.29. The summed E-state index contributed by atoms with van der Waals surface area (Å²) in [5.41, 5.74) is 8.65. The quantitative estimate of drug-likeness (QED) is 0.104. The van der Waals surface area contributed by atoms with Crippen molar-refractivity contribution >= 4 is 23.5 Å². The number of benzene rings is 3. The molecule has 1 atom stereocenters. The van der Waals surface area contributed by atoms with Crippen LogP contribution in [-0.2, 0) is 14.3 Å². The first-order chi connectivity index (χ1) is 16.8. The van der Waals surface area contributed by atoms with E-state index < -0.39 is 22.7 Å². The molecule has 0 aliphatic heterocycles. The predicted octanol–water partition coefficient (Wildman–Crippen LogP) is 5.05. The van der Waals surface area contributed by atoms with Gasteiger partial charge in [-0.3, -0.25) is 14.9 Å². The van der Waals surface area contributed by atoms with Crippen LogP contribution in [0.5, 0.6) is 0 Å². The first-order valence-corrected chi connectivity index (χ1v) is 11.3. The van der Waals surface area contributed by atoms with Crippen molar-refractivity contribution in [2.45, 2.75) is 31.7 Å². The molecule has 0 aliphatic carbocycles. The smallest absolute Gasteiger partial charge is 0.341 e. The summed E-state index contributed by atoms with van der Waals surface area (Å²) in [5.74, 6) is -1.15. The number of nitrogens with zero attached hydrogens (tertiary/aromatic N) is 1. The van der Waals surface area contributed by atoms with Crippen LogP contribution in [0.25, 0.3) is 6.08 Å². The van der Waals surface area contributed by atoms with Gasteiger partial charge in [0.2, 0.25) is 0 Å². The maximum atomic E-state index is 12.6. The lowest BCUT2D eigenvalue weighted by atomic mass is 9.86. The first-order valence-electron chi connectivity index (χ1n) is 11.3. The lowest BCUT2D eigenvalue weighted by molar-refractivity contribution is -0.384. The molecule has 3 aromatic carbocycles. The van der Waals surface area contributed by atoms with E-state index in [4.69, 9.17) is 10.5 Å². The predicted molar refractivity (Wildman–Crippen MR) is 135 cm³/mol. The zero-order valence-corrected chi connectivity index (χ0v) is 19.5. The van der Waals surface area contributed by atoms with E-state index in [1.165, 1.54) is 42.3 Å². The van der Waals surface area contributed by atoms with Crippen molar-refractivity contribution in [2.75, 3.05) is 6.61 Å². The summed E-state index contributed by atoms with van der Waals surface area (Å²) in [6.07, 6.45) is 2.66. The van der Waals surface area contributed by atoms with E-state index in [0.29, 0.717) is 12.0 Å². The van der Waals surface area contributed by atoms with E-state index in [2.05, 4.69) is 24.3 Å². The first kappa shape index (κ1) is 25.5. The Morgan fingerprint density at radius 2 is 1.54 bits per heavy atom. The molecule has 0 radical (unpaired) electrons. The minimum Gasteiger partial charge on any atom is -0.460 e. The number of carbonyl (C=O) groups is 2. The van der Waals surface area contributed by atoms with Crippen LogP contribution in [0.2, 0.25) is 0 Å². The second kappa shape index (κ2) is 12.4. The van der Waals surface area contributed by atoms with Gasteiger partial charge in [0.25, 0.3) is 5.69 Å². The topological polar surface area (TPSA) is 113 Å². The summed E-state index contributed by atoms with van der Waals surface area (Å²) in [7, 11) is 0. The molecule has 0 aliphatic rings. The summed E-state index contributed by atoms with van der Waals surface area (Å²) < 4.78 is 5.33. The number of nitrogens with two attached hydrogens (primary N) is 1. The maximum absolute atomic E-state index is 12.6. The number of ketones is 1. The molecule has 7 nitrogen and oxygen atoms in total. The van der Waals surface area contributed by atoms with Crippen LogP contribution in [0.4, 0.5) is 5.69 Å². The fourth-order valence-electron chi connectivity index (χ4n) is 3.82. The second-order valence-electron chi connectivity index (χ2n) is 8.28. The third kappa shape index (κ3) is 7.45. The van der Waals surface area contributed by atoms with Crippen molar-refractivity contribution in [3.8, 4) is 0 Å². The van der Waals surface area contributed by atoms with Crippen LogP contribution in [-0.4, -0.2) is 29.3 Å². The zero-order valence-electron chi connectivity index (χ0n) is 19.5. The molecular formula is C28H28N2O5. The number of hydrogen-bond donors (Lipinski definition) is 1. The lowest BCUT2D eigenvalue weighted by Crippen LogP contribution is -2.29. The Morgan fingerprint density at radius 1 is 0.943 bits per heavy atom. The van der Waals surface area contributed by atoms with Crippen LogP contribution in [0, 0.1) is 10.1 Å². The fourth-order valence-corrected chi connectivity index (χ4v) is 3.82. The van der Waals surface area contributed by atoms with Gasteiger partial charge in [0.05, 0.1) is 4.92 Å². The minimum absolute atomic E-state index is 0.0469. The molecule has 0 amide bonds. The maximum Gasteiger partial charge on any atom is 0.341 e. The van der Waals surface area contributed by atoms with E-state index in [1.54, 1.807) is 6.07 Å². The number of hydrogen-bond acceptors (Lipinski definition) is 6. The average Bonchev–Trinajstić information content (AvgIpc) is 2.87. The molecule has 0 fully saturated rings. The van der Waals surface area contributed by atoms with Crippen molar-refractivity contribution in [1.29, 1.82) is 0 Å². The molecule has 35 heavy (non-hydrogen) atoms. The number of rotatable bonds is 11. The molecule has 1 unspecified atom stereocenters. The summed E-state index contributed by atoms with van der Waals surface area (Å²) >= 11 is 0. The molecule has 0 heterocycles. The number of carbonyl (C=O) groups excluding carboxylic acids is 2. The van der Waals surface area contributed by atoms with Crippen molar-refractivity contribution in [2.24, 2.45) is 5.73 Å². The van der Waals surface area contributed by atoms with E-state index >= 15 is 0 Å². The Labute approximate surface area is 204 Å². The fraction of sp³-hybridized carbons (Fsp3) is 0.214. The van der Waals surface area contributed by atoms with Gasteiger partial charge in [-0.25, -0.2) is 4.79 Å². The minimum atomic E-state index is -0.804. The normalized spacial score (nSPS) is 12.3. The van der Waals surface area contributed by atoms with Crippen LogP contribution in [0.1, 0.15) is 42.4 Å². The summed E-state index contributed by atoms with van der Waals surface area (Å²) in [6.45, 7) is 1.20. The highest BCUT2D eigenvalue weighted by molar-refractivity contribution is 6.19. The molecule has 0 bridgehead atoms. The summed E-state index contributed by atoms with van der Waals surface area (Å²) in [4.78, 5) is 35.1. The Kier molecular flexibility index (Phi) is 9.03. The van der Waals surface area contributed by atoms with Crippen LogP contribution < -0.4 is 5.73 Å². The molecular weight excluding hydrogens is 444 g/mol. The van der Waals surface area contributed by atoms with Gasteiger partial charge < -0.3 is 10.5 Å². The monoisotopic (exact) mass is 472 g/mol. The number of non-ortho nitro benzene ring substituents is 1. The van der Waals surface area contributed by atoms with Gasteiger partial charge in [0.1, 0.15) is 12.2 Å². The third-order valence-corrected chi connectivity index (χ3v) is 5.65. The largest absolute Gasteiger partial charge is 0.460 e. The van der Waals surface area contributed by atoms with Gasteiger partial charge in [-0.15, -0.1) is 0 Å². The van der Waals surface area contributed by atoms with Gasteiger partial charge >= 0.3 is 5.97 Å². The van der Waals surface area contributed by atoms with Crippen LogP contribution >= 0.6 is 0 Å². The standard InChI is InChI=1S/C28H28N2O5/c1-20(31)27(18-21-9-8-14-25(17-21)30(33)34)28(32)35-19-24(29)15-16-26(22-10-4-2-5-11-22)23-12-6-3-7-13-23/h2-14,17-18,24,26H,15-16,19,29H2,1H3. The Bertz CT molecular complexity index is 1150. The van der Waals surface area contributed by atoms with Crippen molar-refractivity contribution < 1.29 is 19.2 Å². The second-order valence-corrected chi connectivity index (χ2v) is 8.28. The van der Waals surface area contributed by atoms with Crippen molar-refractivity contribution in [3.05, 3.63) is 117 Å². The van der Waals surface area contributed by atoms with E-state index in [-0.39, 0.29) is 23.8 Å². The zero-order chi connectivity index (χ0) is 25.2. The number of ether oxygens (including phenoxy) is 1. The molecule has 7 heteroatoms. The van der Waals surface area contributed by atoms with E-state index in [0.717, 1.165) is 6.42 Å². The SMILES string of the molecule is CC(=O)C(=Cc1cccc([N+](=O)[O-])c1)C(=O)OCC(N)CCC(c1ccccc1)c1ccccc1. The Morgan fingerprint density at radius 3 is 2.09 bits per heavy atom. The number of esters is 1. The van der Waals surface area contributed by atoms with Crippen molar-refractivity contribution in [1.82, 2.24) is 0 Å². The van der Waals surface area contributed by atoms with Gasteiger partial charge in [-0.1, -0.05) is 72.8 Å². The molecule has 0 spiro atoms. The summed E-state index contributed by atoms with van der Waals surface area (Å²) in [5, 5.41) is 11.0. The van der Waals surface area contributed by atoms with Gasteiger partial charge in [0, 0.05) is 24.1 Å². The van der Waals surface area contributed by atoms with E-state index in [1.807, 2.05) is 36.4 Å². The van der Waals surface area contributed by atoms with Crippen LogP contribution in [0.3, 0.4) is 0 Å². The van der Waals surface area contributed by atoms with Gasteiger partial charge in [-0.05, 0) is 42.5 Å². The van der Waals surface area contributed by atoms with Crippen molar-refractivity contribution in [3.63, 3.8) is 0 Å². The Hall–Kier alpha value is -4.10. The number of Topliss-reactive ketones (excluding diaryl/α,β-unsaturated/α-hetero) is 1. The number of nitro benzene ring substituents is 1. The molecule has 180 valence electrons. The lowest BCUT2D eigenvalue weighted by Gasteiger charge is -2.20. The average molecular weight is 473 g/mol. The molecule has 0 aromatic heterocycles. The molecule has 3 rings (SSSR count). The molecule has 3 aromatic rings. The molecule has 2 N–H and O–H groups in total. The summed E-state index contributed by atoms with van der Waals surface area (Å²) in [6, 6.07) is 25.6. The molecule has 0 saturated carbocycles. The highest BCUT2D eigenvalue weighted by atomic mass is 16.6. The Balaban J connectivity index is 1.63. The highest BCUT2D eigenvalue weighted by Gasteiger charge is 2.20.